The van der Waals surface area contributed by atoms with Crippen LogP contribution in [-0.4, -0.2) is 56.8 Å². The molecule has 1 unspecified atom stereocenters. The molecule has 0 amide bonds. The fraction of sp³-hybridized carbons (Fsp3) is 0.357. The highest BCUT2D eigenvalue weighted by Gasteiger charge is 2.29. The molecule has 1 aromatic carbocycles. The largest absolute Gasteiger partial charge is 0.295 e. The minimum atomic E-state index is -0.0882. The molecule has 1 fully saturated rings. The molecular formula is C14H16N4OS. The molecule has 1 aliphatic heterocycles. The average Bonchev–Trinajstić information content (AvgIpc) is 2.97. The van der Waals surface area contributed by atoms with Gasteiger partial charge in [-0.2, -0.15) is 11.8 Å². The molecule has 2 heterocycles. The number of hydrogen-bond acceptors (Lipinski definition) is 5. The van der Waals surface area contributed by atoms with Gasteiger partial charge in [0.2, 0.25) is 5.78 Å². The average molecular weight is 288 g/mol. The first-order chi connectivity index (χ1) is 9.77. The summed E-state index contributed by atoms with van der Waals surface area (Å²) in [7, 11) is 2.00. The van der Waals surface area contributed by atoms with Gasteiger partial charge in [-0.1, -0.05) is 23.4 Å². The minimum absolute atomic E-state index is 0.0882. The van der Waals surface area contributed by atoms with Crippen LogP contribution in [0.25, 0.3) is 5.69 Å². The Balaban J connectivity index is 1.91. The maximum absolute atomic E-state index is 12.7. The summed E-state index contributed by atoms with van der Waals surface area (Å²) in [5, 5.41) is 7.95. The quantitative estimate of drug-likeness (QED) is 0.801. The third-order valence-electron chi connectivity index (χ3n) is 3.50. The highest BCUT2D eigenvalue weighted by atomic mass is 32.2. The van der Waals surface area contributed by atoms with Gasteiger partial charge in [0.05, 0.1) is 17.9 Å². The second kappa shape index (κ2) is 5.76. The van der Waals surface area contributed by atoms with Crippen LogP contribution >= 0.6 is 11.8 Å². The summed E-state index contributed by atoms with van der Waals surface area (Å²) in [5.74, 6) is 2.00. The molecule has 1 atom stereocenters. The van der Waals surface area contributed by atoms with E-state index in [1.165, 1.54) is 0 Å². The number of aromatic nitrogens is 3. The Morgan fingerprint density at radius 2 is 2.15 bits per heavy atom. The third kappa shape index (κ3) is 2.48. The van der Waals surface area contributed by atoms with Crippen molar-refractivity contribution in [3.63, 3.8) is 0 Å². The lowest BCUT2D eigenvalue weighted by Crippen LogP contribution is -2.45. The van der Waals surface area contributed by atoms with E-state index < -0.39 is 0 Å². The second-order valence-corrected chi connectivity index (χ2v) is 5.95. The zero-order valence-electron chi connectivity index (χ0n) is 11.3. The minimum Gasteiger partial charge on any atom is -0.295 e. The molecule has 3 rings (SSSR count). The molecule has 0 N–H and O–H groups in total. The van der Waals surface area contributed by atoms with E-state index in [9.17, 15) is 4.79 Å². The maximum Gasteiger partial charge on any atom is 0.200 e. The number of para-hydroxylation sites is 1. The number of hydrogen-bond donors (Lipinski definition) is 0. The fourth-order valence-corrected chi connectivity index (χ4v) is 3.51. The van der Waals surface area contributed by atoms with E-state index >= 15 is 0 Å². The summed E-state index contributed by atoms with van der Waals surface area (Å²) < 4.78 is 1.62. The number of carbonyl (C=O) groups excluding carboxylic acids is 1. The van der Waals surface area contributed by atoms with Gasteiger partial charge in [-0.05, 0) is 19.2 Å². The molecule has 2 aromatic rings. The molecule has 0 spiro atoms. The van der Waals surface area contributed by atoms with Gasteiger partial charge in [0.1, 0.15) is 5.69 Å². The molecule has 0 radical (unpaired) electrons. The number of thioether (sulfide) groups is 1. The van der Waals surface area contributed by atoms with E-state index in [1.807, 2.05) is 49.1 Å². The van der Waals surface area contributed by atoms with Gasteiger partial charge >= 0.3 is 0 Å². The smallest absolute Gasteiger partial charge is 0.200 e. The highest BCUT2D eigenvalue weighted by molar-refractivity contribution is 7.99. The van der Waals surface area contributed by atoms with Crippen molar-refractivity contribution in [3.8, 4) is 5.69 Å². The van der Waals surface area contributed by atoms with E-state index in [0.717, 1.165) is 23.7 Å². The first kappa shape index (κ1) is 13.3. The third-order valence-corrected chi connectivity index (χ3v) is 4.52. The van der Waals surface area contributed by atoms with Crippen molar-refractivity contribution in [2.24, 2.45) is 0 Å². The van der Waals surface area contributed by atoms with Crippen LogP contribution in [0, 0.1) is 0 Å². The van der Waals surface area contributed by atoms with Gasteiger partial charge in [0.15, 0.2) is 0 Å². The van der Waals surface area contributed by atoms with Crippen LogP contribution in [0.4, 0.5) is 0 Å². The van der Waals surface area contributed by atoms with Crippen LogP contribution in [0.3, 0.4) is 0 Å². The lowest BCUT2D eigenvalue weighted by Gasteiger charge is -2.30. The molecule has 0 bridgehead atoms. The molecule has 6 heteroatoms. The number of carbonyl (C=O) groups is 1. The summed E-state index contributed by atoms with van der Waals surface area (Å²) in [6, 6.07) is 9.54. The second-order valence-electron chi connectivity index (χ2n) is 4.80. The molecule has 20 heavy (non-hydrogen) atoms. The number of likely N-dealkylation sites (N-methyl/N-ethyl adjacent to an activating group) is 1. The van der Waals surface area contributed by atoms with Crippen molar-refractivity contribution in [1.29, 1.82) is 0 Å². The SMILES string of the molecule is CN1CCSCC1C(=O)c1cnnn1-c1ccccc1. The van der Waals surface area contributed by atoms with Crippen molar-refractivity contribution in [2.75, 3.05) is 25.1 Å². The molecule has 0 saturated carbocycles. The van der Waals surface area contributed by atoms with Crippen molar-refractivity contribution >= 4 is 17.5 Å². The Hall–Kier alpha value is -1.66. The van der Waals surface area contributed by atoms with E-state index in [4.69, 9.17) is 0 Å². The Kier molecular flexibility index (Phi) is 3.84. The molecule has 1 saturated heterocycles. The van der Waals surface area contributed by atoms with Gasteiger partial charge in [-0.15, -0.1) is 5.10 Å². The molecular weight excluding hydrogens is 272 g/mol. The number of ketones is 1. The number of nitrogens with zero attached hydrogens (tertiary/aromatic N) is 4. The standard InChI is InChI=1S/C14H16N4OS/c1-17-7-8-20-10-13(17)14(19)12-9-15-16-18(12)11-5-3-2-4-6-11/h2-6,9,13H,7-8,10H2,1H3. The fourth-order valence-electron chi connectivity index (χ4n) is 2.30. The lowest BCUT2D eigenvalue weighted by atomic mass is 10.1. The van der Waals surface area contributed by atoms with Crippen LogP contribution < -0.4 is 0 Å². The predicted molar refractivity (Wildman–Crippen MR) is 79.4 cm³/mol. The first-order valence-corrected chi connectivity index (χ1v) is 7.71. The summed E-state index contributed by atoms with van der Waals surface area (Å²) >= 11 is 1.82. The number of rotatable bonds is 3. The van der Waals surface area contributed by atoms with E-state index in [0.29, 0.717) is 5.69 Å². The molecule has 5 nitrogen and oxygen atoms in total. The number of Topliss-reactive ketones (excluding diaryl/α,β-unsaturated/α-hetero) is 1. The van der Waals surface area contributed by atoms with E-state index in [-0.39, 0.29) is 11.8 Å². The lowest BCUT2D eigenvalue weighted by molar-refractivity contribution is 0.0866. The summed E-state index contributed by atoms with van der Waals surface area (Å²) in [5.41, 5.74) is 1.41. The summed E-state index contributed by atoms with van der Waals surface area (Å²) in [4.78, 5) is 14.8. The Morgan fingerprint density at radius 3 is 2.90 bits per heavy atom. The van der Waals surface area contributed by atoms with Crippen molar-refractivity contribution in [1.82, 2.24) is 19.9 Å². The number of benzene rings is 1. The topological polar surface area (TPSA) is 51.0 Å². The van der Waals surface area contributed by atoms with Crippen LogP contribution in [-0.2, 0) is 0 Å². The normalized spacial score (nSPS) is 19.9. The monoisotopic (exact) mass is 288 g/mol. The maximum atomic E-state index is 12.7. The van der Waals surface area contributed by atoms with Crippen molar-refractivity contribution < 1.29 is 4.79 Å². The predicted octanol–water partition coefficient (Wildman–Crippen LogP) is 1.50. The molecule has 104 valence electrons. The van der Waals surface area contributed by atoms with Crippen molar-refractivity contribution in [3.05, 3.63) is 42.2 Å². The van der Waals surface area contributed by atoms with E-state index in [2.05, 4.69) is 15.2 Å². The summed E-state index contributed by atoms with van der Waals surface area (Å²) in [6.45, 7) is 0.938. The zero-order chi connectivity index (χ0) is 13.9. The van der Waals surface area contributed by atoms with Gasteiger partial charge in [-0.25, -0.2) is 4.68 Å². The Morgan fingerprint density at radius 1 is 1.35 bits per heavy atom. The zero-order valence-corrected chi connectivity index (χ0v) is 12.1. The van der Waals surface area contributed by atoms with Crippen molar-refractivity contribution in [2.45, 2.75) is 6.04 Å². The molecule has 1 aliphatic rings. The van der Waals surface area contributed by atoms with Gasteiger partial charge in [-0.3, -0.25) is 9.69 Å². The van der Waals surface area contributed by atoms with Crippen LogP contribution in [0.2, 0.25) is 0 Å². The Bertz CT molecular complexity index is 598. The highest BCUT2D eigenvalue weighted by Crippen LogP contribution is 2.19. The van der Waals surface area contributed by atoms with Gasteiger partial charge < -0.3 is 0 Å². The van der Waals surface area contributed by atoms with Crippen LogP contribution in [0.15, 0.2) is 36.5 Å². The van der Waals surface area contributed by atoms with Gasteiger partial charge in [0.25, 0.3) is 0 Å². The van der Waals surface area contributed by atoms with Gasteiger partial charge in [0, 0.05) is 18.1 Å². The summed E-state index contributed by atoms with van der Waals surface area (Å²) in [6.07, 6.45) is 1.56. The van der Waals surface area contributed by atoms with Crippen LogP contribution in [0.1, 0.15) is 10.5 Å². The molecule has 1 aromatic heterocycles. The molecule has 0 aliphatic carbocycles. The van der Waals surface area contributed by atoms with Crippen LogP contribution in [0.5, 0.6) is 0 Å². The first-order valence-electron chi connectivity index (χ1n) is 6.55. The Labute approximate surface area is 122 Å². The van der Waals surface area contributed by atoms with E-state index in [1.54, 1.807) is 10.9 Å².